The van der Waals surface area contributed by atoms with Gasteiger partial charge >= 0.3 is 5.97 Å². The van der Waals surface area contributed by atoms with E-state index in [4.69, 9.17) is 16.7 Å². The van der Waals surface area contributed by atoms with Gasteiger partial charge in [0.25, 0.3) is 5.91 Å². The van der Waals surface area contributed by atoms with E-state index in [2.05, 4.69) is 15.9 Å². The van der Waals surface area contributed by atoms with E-state index in [-0.39, 0.29) is 0 Å². The molecule has 3 atom stereocenters. The first-order chi connectivity index (χ1) is 7.47. The number of alkyl halides is 2. The number of halogens is 2. The Labute approximate surface area is 111 Å². The summed E-state index contributed by atoms with van der Waals surface area (Å²) in [6, 6.07) is -1.41. The SMILES string of the molecule is CC1(C)[C@H](C(=O)O)N2C(=O)C(Cl)(Br)[C@H]2S1(=O)=O. The number of carboxylic acids is 1. The van der Waals surface area contributed by atoms with Crippen LogP contribution in [0.3, 0.4) is 0 Å². The molecule has 2 aliphatic heterocycles. The van der Waals surface area contributed by atoms with Crippen molar-refractivity contribution in [2.45, 2.75) is 33.8 Å². The monoisotopic (exact) mass is 345 g/mol. The highest BCUT2D eigenvalue weighted by molar-refractivity contribution is 9.11. The van der Waals surface area contributed by atoms with E-state index < -0.39 is 41.7 Å². The molecule has 96 valence electrons. The highest BCUT2D eigenvalue weighted by Gasteiger charge is 2.77. The normalized spacial score (nSPS) is 41.9. The van der Waals surface area contributed by atoms with Gasteiger partial charge in [0.1, 0.15) is 10.8 Å². The predicted molar refractivity (Wildman–Crippen MR) is 62.6 cm³/mol. The molecule has 9 heteroatoms. The summed E-state index contributed by atoms with van der Waals surface area (Å²) in [5.74, 6) is -2.08. The molecule has 2 aliphatic rings. The van der Waals surface area contributed by atoms with Gasteiger partial charge in [-0.25, -0.2) is 13.2 Å². The van der Waals surface area contributed by atoms with Crippen molar-refractivity contribution >= 4 is 49.2 Å². The quantitative estimate of drug-likeness (QED) is 0.539. The highest BCUT2D eigenvalue weighted by atomic mass is 79.9. The Balaban J connectivity index is 2.65. The topological polar surface area (TPSA) is 91.8 Å². The number of hydrogen-bond donors (Lipinski definition) is 1. The number of amides is 1. The van der Waals surface area contributed by atoms with E-state index in [1.807, 2.05) is 0 Å². The minimum atomic E-state index is -3.85. The first kappa shape index (κ1) is 13.1. The lowest BCUT2D eigenvalue weighted by molar-refractivity contribution is -0.157. The fourth-order valence-corrected chi connectivity index (χ4v) is 6.11. The number of carboxylic acid groups (broad SMARTS) is 1. The van der Waals surface area contributed by atoms with Gasteiger partial charge in [0.15, 0.2) is 15.2 Å². The molecule has 2 fully saturated rings. The van der Waals surface area contributed by atoms with Crippen LogP contribution < -0.4 is 0 Å². The van der Waals surface area contributed by atoms with Gasteiger partial charge in [-0.1, -0.05) is 27.5 Å². The molecule has 2 rings (SSSR count). The Morgan fingerprint density at radius 2 is 2.00 bits per heavy atom. The highest BCUT2D eigenvalue weighted by Crippen LogP contribution is 2.55. The fourth-order valence-electron chi connectivity index (χ4n) is 2.28. The van der Waals surface area contributed by atoms with E-state index in [9.17, 15) is 18.0 Å². The maximum atomic E-state index is 12.2. The summed E-state index contributed by atoms with van der Waals surface area (Å²) >= 11 is 8.63. The molecule has 0 bridgehead atoms. The van der Waals surface area contributed by atoms with Crippen LogP contribution in [0.5, 0.6) is 0 Å². The van der Waals surface area contributed by atoms with E-state index in [1.54, 1.807) is 0 Å². The lowest BCUT2D eigenvalue weighted by Crippen LogP contribution is -2.69. The molecule has 17 heavy (non-hydrogen) atoms. The molecule has 0 saturated carbocycles. The van der Waals surface area contributed by atoms with Gasteiger partial charge in [-0.2, -0.15) is 0 Å². The van der Waals surface area contributed by atoms with Crippen molar-refractivity contribution in [3.63, 3.8) is 0 Å². The van der Waals surface area contributed by atoms with Crippen molar-refractivity contribution in [2.24, 2.45) is 0 Å². The van der Waals surface area contributed by atoms with Crippen LogP contribution in [0.25, 0.3) is 0 Å². The van der Waals surface area contributed by atoms with Crippen molar-refractivity contribution in [3.05, 3.63) is 0 Å². The number of aliphatic carboxylic acids is 1. The molecule has 6 nitrogen and oxygen atoms in total. The summed E-state index contributed by atoms with van der Waals surface area (Å²) in [6.45, 7) is 2.57. The molecule has 1 amide bonds. The van der Waals surface area contributed by atoms with Crippen LogP contribution in [0.15, 0.2) is 0 Å². The molecule has 2 saturated heterocycles. The van der Waals surface area contributed by atoms with Crippen molar-refractivity contribution in [3.8, 4) is 0 Å². The Morgan fingerprint density at radius 3 is 2.41 bits per heavy atom. The van der Waals surface area contributed by atoms with Crippen LogP contribution in [0.4, 0.5) is 0 Å². The first-order valence-corrected chi connectivity index (χ1v) is 7.36. The van der Waals surface area contributed by atoms with Crippen LogP contribution in [0.1, 0.15) is 13.8 Å². The Hall–Kier alpha value is -0.340. The lowest BCUT2D eigenvalue weighted by atomic mass is 9.98. The molecule has 0 aromatic heterocycles. The molecule has 2 heterocycles. The second-order valence-electron chi connectivity index (χ2n) is 4.58. The summed E-state index contributed by atoms with van der Waals surface area (Å²) in [5, 5.41) is 7.74. The molecule has 1 N–H and O–H groups in total. The van der Waals surface area contributed by atoms with Gasteiger partial charge in [-0.05, 0) is 13.8 Å². The smallest absolute Gasteiger partial charge is 0.328 e. The Morgan fingerprint density at radius 1 is 1.53 bits per heavy atom. The predicted octanol–water partition coefficient (Wildman–Crippen LogP) is 0.145. The zero-order valence-corrected chi connectivity index (χ0v) is 12.0. The summed E-state index contributed by atoms with van der Waals surface area (Å²) in [5.41, 5.74) is 0. The lowest BCUT2D eigenvalue weighted by Gasteiger charge is -2.44. The van der Waals surface area contributed by atoms with Crippen molar-refractivity contribution < 1.29 is 23.1 Å². The summed E-state index contributed by atoms with van der Waals surface area (Å²) in [6.07, 6.45) is 0. The number of nitrogens with zero attached hydrogens (tertiary/aromatic N) is 1. The van der Waals surface area contributed by atoms with Crippen LogP contribution in [0, 0.1) is 0 Å². The Bertz CT molecular complexity index is 528. The summed E-state index contributed by atoms with van der Waals surface area (Å²) in [4.78, 5) is 23.6. The summed E-state index contributed by atoms with van der Waals surface area (Å²) < 4.78 is 21.1. The number of β-lactam (4-membered cyclic amide) rings is 1. The third kappa shape index (κ3) is 1.23. The molecule has 1 unspecified atom stereocenters. The number of sulfone groups is 1. The second-order valence-corrected chi connectivity index (χ2v) is 9.47. The van der Waals surface area contributed by atoms with Gasteiger partial charge in [-0.15, -0.1) is 0 Å². The largest absolute Gasteiger partial charge is 0.480 e. The molecular formula is C8H9BrClNO5S. The molecule has 0 aromatic carbocycles. The van der Waals surface area contributed by atoms with E-state index in [1.165, 1.54) is 13.8 Å². The zero-order chi connectivity index (χ0) is 13.4. The standard InChI is InChI=1S/C8H9BrClNO5S/c1-7(2)3(4(12)13)11-5(14)8(9,10)6(11)17(7,15)16/h3,6H,1-2H3,(H,12,13)/t3-,6+,8?/m0/s1. The molecule has 0 spiro atoms. The molecule has 0 aliphatic carbocycles. The number of fused-ring (bicyclic) bond motifs is 1. The van der Waals surface area contributed by atoms with Crippen LogP contribution in [0.2, 0.25) is 0 Å². The third-order valence-corrected chi connectivity index (χ3v) is 7.71. The maximum absolute atomic E-state index is 12.2. The molecular weight excluding hydrogens is 338 g/mol. The van der Waals surface area contributed by atoms with Gasteiger partial charge in [0, 0.05) is 0 Å². The maximum Gasteiger partial charge on any atom is 0.328 e. The van der Waals surface area contributed by atoms with E-state index in [0.717, 1.165) is 4.90 Å². The van der Waals surface area contributed by atoms with Crippen molar-refractivity contribution in [2.75, 3.05) is 0 Å². The van der Waals surface area contributed by atoms with Gasteiger partial charge in [0.05, 0.1) is 0 Å². The Kier molecular flexibility index (Phi) is 2.43. The number of carbonyl (C=O) groups excluding carboxylic acids is 1. The van der Waals surface area contributed by atoms with Crippen LogP contribution in [-0.2, 0) is 19.4 Å². The molecule has 0 radical (unpaired) electrons. The fraction of sp³-hybridized carbons (Fsp3) is 0.750. The van der Waals surface area contributed by atoms with Gasteiger partial charge < -0.3 is 10.0 Å². The zero-order valence-electron chi connectivity index (χ0n) is 8.85. The number of rotatable bonds is 1. The van der Waals surface area contributed by atoms with Crippen LogP contribution in [-0.4, -0.2) is 50.2 Å². The average molecular weight is 347 g/mol. The first-order valence-electron chi connectivity index (χ1n) is 4.64. The molecule has 0 aromatic rings. The minimum Gasteiger partial charge on any atom is -0.480 e. The number of carbonyl (C=O) groups is 2. The van der Waals surface area contributed by atoms with Gasteiger partial charge in [0.2, 0.25) is 3.78 Å². The average Bonchev–Trinajstić information content (AvgIpc) is 2.29. The third-order valence-electron chi connectivity index (χ3n) is 3.28. The number of hydrogen-bond acceptors (Lipinski definition) is 4. The van der Waals surface area contributed by atoms with E-state index in [0.29, 0.717) is 0 Å². The van der Waals surface area contributed by atoms with Gasteiger partial charge in [-0.3, -0.25) is 4.79 Å². The van der Waals surface area contributed by atoms with Crippen LogP contribution >= 0.6 is 27.5 Å². The second kappa shape index (κ2) is 3.16. The van der Waals surface area contributed by atoms with E-state index >= 15 is 0 Å². The van der Waals surface area contributed by atoms with Crippen molar-refractivity contribution in [1.82, 2.24) is 4.90 Å². The summed E-state index contributed by atoms with van der Waals surface area (Å²) in [7, 11) is -3.85. The van der Waals surface area contributed by atoms with Crippen molar-refractivity contribution in [1.29, 1.82) is 0 Å². The minimum absolute atomic E-state index is 0.731.